The van der Waals surface area contributed by atoms with E-state index in [1.165, 1.54) is 25.7 Å². The first-order chi connectivity index (χ1) is 9.22. The quantitative estimate of drug-likeness (QED) is 0.639. The van der Waals surface area contributed by atoms with Crippen molar-refractivity contribution in [2.45, 2.75) is 68.3 Å². The number of carboxylic acid groups (broad SMARTS) is 1. The van der Waals surface area contributed by atoms with Crippen LogP contribution in [0.25, 0.3) is 0 Å². The van der Waals surface area contributed by atoms with Crippen LogP contribution in [-0.2, 0) is 4.79 Å². The average molecular weight is 286 g/mol. The molecule has 2 bridgehead atoms. The Hall–Kier alpha value is -0.220. The third kappa shape index (κ3) is 4.12. The second-order valence-electron chi connectivity index (χ2n) is 5.98. The minimum Gasteiger partial charge on any atom is -0.481 e. The number of hydrogen-bond donors (Lipinski definition) is 2. The normalized spacial score (nSPS) is 32.9. The van der Waals surface area contributed by atoms with E-state index >= 15 is 0 Å². The van der Waals surface area contributed by atoms with E-state index in [1.54, 1.807) is 0 Å². The zero-order valence-electron chi connectivity index (χ0n) is 11.6. The standard InChI is InChI=1S/C15H26O3S/c16-10-9-12-11(13-7-8-14(12)19-13)5-3-1-2-4-6-15(17)18/h11-14,16H,1-10H2,(H,17,18). The van der Waals surface area contributed by atoms with Crippen LogP contribution >= 0.6 is 11.8 Å². The van der Waals surface area contributed by atoms with Crippen LogP contribution in [0, 0.1) is 11.8 Å². The number of carbonyl (C=O) groups is 1. The fraction of sp³-hybridized carbons (Fsp3) is 0.933. The first kappa shape index (κ1) is 15.2. The maximum atomic E-state index is 10.4. The number of aliphatic hydroxyl groups is 1. The summed E-state index contributed by atoms with van der Waals surface area (Å²) in [5.74, 6) is 0.885. The van der Waals surface area contributed by atoms with Gasteiger partial charge in [0.05, 0.1) is 0 Å². The van der Waals surface area contributed by atoms with Crippen molar-refractivity contribution in [2.75, 3.05) is 6.61 Å². The predicted molar refractivity (Wildman–Crippen MR) is 78.4 cm³/mol. The third-order valence-electron chi connectivity index (χ3n) is 4.73. The molecular weight excluding hydrogens is 260 g/mol. The lowest BCUT2D eigenvalue weighted by molar-refractivity contribution is -0.137. The fourth-order valence-corrected chi connectivity index (χ4v) is 5.90. The second kappa shape index (κ2) is 7.53. The molecular formula is C15H26O3S. The highest BCUT2D eigenvalue weighted by Gasteiger charge is 2.46. The smallest absolute Gasteiger partial charge is 0.303 e. The summed E-state index contributed by atoms with van der Waals surface area (Å²) in [6, 6.07) is 0. The van der Waals surface area contributed by atoms with Gasteiger partial charge in [-0.3, -0.25) is 4.79 Å². The molecule has 0 aromatic rings. The van der Waals surface area contributed by atoms with E-state index in [9.17, 15) is 9.90 Å². The predicted octanol–water partition coefficient (Wildman–Crippen LogP) is 3.30. The lowest BCUT2D eigenvalue weighted by atomic mass is 9.75. The maximum Gasteiger partial charge on any atom is 0.303 e. The molecule has 2 saturated heterocycles. The van der Waals surface area contributed by atoms with E-state index in [0.29, 0.717) is 13.0 Å². The molecule has 4 unspecified atom stereocenters. The Labute approximate surface area is 120 Å². The first-order valence-corrected chi connectivity index (χ1v) is 8.64. The zero-order valence-corrected chi connectivity index (χ0v) is 12.4. The number of carboxylic acids is 1. The highest BCUT2D eigenvalue weighted by molar-refractivity contribution is 8.01. The highest BCUT2D eigenvalue weighted by Crippen LogP contribution is 2.55. The van der Waals surface area contributed by atoms with Gasteiger partial charge in [0.15, 0.2) is 0 Å². The van der Waals surface area contributed by atoms with Crippen LogP contribution in [0.4, 0.5) is 0 Å². The molecule has 4 atom stereocenters. The Balaban J connectivity index is 1.63. The second-order valence-corrected chi connectivity index (χ2v) is 7.46. The topological polar surface area (TPSA) is 57.5 Å². The maximum absolute atomic E-state index is 10.4. The minimum atomic E-state index is -0.674. The van der Waals surface area contributed by atoms with Gasteiger partial charge in [0.2, 0.25) is 0 Å². The summed E-state index contributed by atoms with van der Waals surface area (Å²) in [4.78, 5) is 10.4. The van der Waals surface area contributed by atoms with E-state index in [2.05, 4.69) is 11.8 Å². The molecule has 3 nitrogen and oxygen atoms in total. The lowest BCUT2D eigenvalue weighted by Gasteiger charge is -2.29. The first-order valence-electron chi connectivity index (χ1n) is 7.70. The number of thioether (sulfide) groups is 1. The molecule has 2 aliphatic rings. The summed E-state index contributed by atoms with van der Waals surface area (Å²) in [5, 5.41) is 19.4. The molecule has 2 heterocycles. The SMILES string of the molecule is O=C(O)CCCCCCC1C2CCC(S2)C1CCO. The van der Waals surface area contributed by atoms with Crippen LogP contribution in [0.15, 0.2) is 0 Å². The number of rotatable bonds is 9. The molecule has 0 radical (unpaired) electrons. The molecule has 2 N–H and O–H groups in total. The average Bonchev–Trinajstić information content (AvgIpc) is 2.95. The van der Waals surface area contributed by atoms with Gasteiger partial charge in [0, 0.05) is 23.5 Å². The summed E-state index contributed by atoms with van der Waals surface area (Å²) in [7, 11) is 0. The van der Waals surface area contributed by atoms with E-state index in [0.717, 1.165) is 48.0 Å². The zero-order chi connectivity index (χ0) is 13.7. The van der Waals surface area contributed by atoms with Gasteiger partial charge in [0.1, 0.15) is 0 Å². The Morgan fingerprint density at radius 1 is 1.00 bits per heavy atom. The molecule has 0 spiro atoms. The number of fused-ring (bicyclic) bond motifs is 2. The number of unbranched alkanes of at least 4 members (excludes halogenated alkanes) is 3. The van der Waals surface area contributed by atoms with Crippen molar-refractivity contribution in [1.29, 1.82) is 0 Å². The van der Waals surface area contributed by atoms with Crippen molar-refractivity contribution in [3.8, 4) is 0 Å². The fourth-order valence-electron chi connectivity index (χ4n) is 3.83. The highest BCUT2D eigenvalue weighted by atomic mass is 32.2. The largest absolute Gasteiger partial charge is 0.481 e. The van der Waals surface area contributed by atoms with Crippen molar-refractivity contribution < 1.29 is 15.0 Å². The van der Waals surface area contributed by atoms with Crippen LogP contribution in [0.2, 0.25) is 0 Å². The number of hydrogen-bond acceptors (Lipinski definition) is 3. The molecule has 110 valence electrons. The van der Waals surface area contributed by atoms with Gasteiger partial charge in [-0.05, 0) is 43.9 Å². The summed E-state index contributed by atoms with van der Waals surface area (Å²) in [5.41, 5.74) is 0. The number of aliphatic hydroxyl groups excluding tert-OH is 1. The van der Waals surface area contributed by atoms with Gasteiger partial charge in [-0.15, -0.1) is 0 Å². The van der Waals surface area contributed by atoms with Gasteiger partial charge in [0.25, 0.3) is 0 Å². The molecule has 2 aliphatic heterocycles. The lowest BCUT2D eigenvalue weighted by Crippen LogP contribution is -2.28. The minimum absolute atomic E-state index is 0.317. The van der Waals surface area contributed by atoms with E-state index in [-0.39, 0.29) is 0 Å². The third-order valence-corrected chi connectivity index (χ3v) is 6.60. The molecule has 0 saturated carbocycles. The monoisotopic (exact) mass is 286 g/mol. The van der Waals surface area contributed by atoms with Gasteiger partial charge >= 0.3 is 5.97 Å². The van der Waals surface area contributed by atoms with Crippen LogP contribution in [0.5, 0.6) is 0 Å². The summed E-state index contributed by atoms with van der Waals surface area (Å²) in [6.07, 6.45) is 9.58. The summed E-state index contributed by atoms with van der Waals surface area (Å²) in [6.45, 7) is 0.337. The number of aliphatic carboxylic acids is 1. The molecule has 2 fully saturated rings. The Morgan fingerprint density at radius 3 is 2.26 bits per heavy atom. The van der Waals surface area contributed by atoms with Crippen LogP contribution < -0.4 is 0 Å². The van der Waals surface area contributed by atoms with Gasteiger partial charge in [-0.25, -0.2) is 0 Å². The molecule has 0 amide bonds. The van der Waals surface area contributed by atoms with E-state index in [1.807, 2.05) is 0 Å². The van der Waals surface area contributed by atoms with Crippen molar-refractivity contribution >= 4 is 17.7 Å². The Kier molecular flexibility index (Phi) is 6.02. The summed E-state index contributed by atoms with van der Waals surface area (Å²) < 4.78 is 0. The van der Waals surface area contributed by atoms with E-state index < -0.39 is 5.97 Å². The molecule has 0 aliphatic carbocycles. The van der Waals surface area contributed by atoms with Crippen LogP contribution in [0.1, 0.15) is 57.8 Å². The van der Waals surface area contributed by atoms with Crippen LogP contribution in [0.3, 0.4) is 0 Å². The molecule has 0 aromatic heterocycles. The van der Waals surface area contributed by atoms with Gasteiger partial charge < -0.3 is 10.2 Å². The molecule has 19 heavy (non-hydrogen) atoms. The molecule has 2 rings (SSSR count). The van der Waals surface area contributed by atoms with Crippen molar-refractivity contribution in [1.82, 2.24) is 0 Å². The van der Waals surface area contributed by atoms with Crippen LogP contribution in [-0.4, -0.2) is 33.3 Å². The molecule has 4 heteroatoms. The Morgan fingerprint density at radius 2 is 1.63 bits per heavy atom. The van der Waals surface area contributed by atoms with Gasteiger partial charge in [-0.1, -0.05) is 19.3 Å². The van der Waals surface area contributed by atoms with E-state index in [4.69, 9.17) is 5.11 Å². The van der Waals surface area contributed by atoms with Gasteiger partial charge in [-0.2, -0.15) is 11.8 Å². The summed E-state index contributed by atoms with van der Waals surface area (Å²) >= 11 is 2.17. The van der Waals surface area contributed by atoms with Crippen molar-refractivity contribution in [3.63, 3.8) is 0 Å². The Bertz CT molecular complexity index is 295. The molecule has 0 aromatic carbocycles. The van der Waals surface area contributed by atoms with Crippen molar-refractivity contribution in [2.24, 2.45) is 11.8 Å². The van der Waals surface area contributed by atoms with Crippen molar-refractivity contribution in [3.05, 3.63) is 0 Å².